The van der Waals surface area contributed by atoms with E-state index in [4.69, 9.17) is 9.47 Å². The van der Waals surface area contributed by atoms with E-state index in [2.05, 4.69) is 9.62 Å². The van der Waals surface area contributed by atoms with Crippen LogP contribution in [0.3, 0.4) is 0 Å². The predicted molar refractivity (Wildman–Crippen MR) is 112 cm³/mol. The third-order valence-electron chi connectivity index (χ3n) is 5.19. The van der Waals surface area contributed by atoms with Crippen molar-refractivity contribution >= 4 is 21.4 Å². The number of anilines is 2. The summed E-state index contributed by atoms with van der Waals surface area (Å²) in [5, 5.41) is 0. The molecule has 0 fully saturated rings. The Bertz CT molecular complexity index is 957. The number of hydrogen-bond acceptors (Lipinski definition) is 5. The van der Waals surface area contributed by atoms with Gasteiger partial charge in [-0.3, -0.25) is 4.72 Å². The van der Waals surface area contributed by atoms with Crippen molar-refractivity contribution in [1.29, 1.82) is 0 Å². The average molecular weight is 405 g/mol. The molecule has 1 N–H and O–H groups in total. The molecule has 1 aliphatic rings. The Balaban J connectivity index is 1.92. The molecule has 0 saturated carbocycles. The molecule has 0 saturated heterocycles. The van der Waals surface area contributed by atoms with E-state index in [1.54, 1.807) is 19.2 Å². The molecule has 0 unspecified atom stereocenters. The van der Waals surface area contributed by atoms with Gasteiger partial charge in [0.15, 0.2) is 0 Å². The van der Waals surface area contributed by atoms with Crippen LogP contribution < -0.4 is 14.4 Å². The van der Waals surface area contributed by atoms with Gasteiger partial charge in [-0.1, -0.05) is 6.07 Å². The van der Waals surface area contributed by atoms with Gasteiger partial charge in [0.1, 0.15) is 10.6 Å². The first-order valence-electron chi connectivity index (χ1n) is 9.40. The van der Waals surface area contributed by atoms with Crippen LogP contribution in [-0.4, -0.2) is 42.3 Å². The van der Waals surface area contributed by atoms with Crippen molar-refractivity contribution in [3.63, 3.8) is 0 Å². The minimum absolute atomic E-state index is 0.145. The van der Waals surface area contributed by atoms with Crippen LogP contribution >= 0.6 is 0 Å². The van der Waals surface area contributed by atoms with E-state index in [0.29, 0.717) is 18.0 Å². The fourth-order valence-electron chi connectivity index (χ4n) is 3.49. The van der Waals surface area contributed by atoms with Crippen LogP contribution in [0.1, 0.15) is 23.1 Å². The highest BCUT2D eigenvalue weighted by Crippen LogP contribution is 2.33. The Morgan fingerprint density at radius 2 is 1.86 bits per heavy atom. The molecule has 7 heteroatoms. The van der Waals surface area contributed by atoms with Crippen molar-refractivity contribution in [3.8, 4) is 5.75 Å². The van der Waals surface area contributed by atoms with Gasteiger partial charge in [0.25, 0.3) is 10.0 Å². The number of methoxy groups -OCH3 is 2. The van der Waals surface area contributed by atoms with Crippen molar-refractivity contribution < 1.29 is 17.9 Å². The van der Waals surface area contributed by atoms with Gasteiger partial charge in [-0.05, 0) is 67.6 Å². The summed E-state index contributed by atoms with van der Waals surface area (Å²) >= 11 is 0. The molecular weight excluding hydrogens is 376 g/mol. The van der Waals surface area contributed by atoms with Gasteiger partial charge >= 0.3 is 0 Å². The molecule has 6 nitrogen and oxygen atoms in total. The number of sulfonamides is 1. The van der Waals surface area contributed by atoms with Crippen molar-refractivity contribution in [2.45, 2.75) is 31.6 Å². The van der Waals surface area contributed by atoms with Crippen LogP contribution in [0.25, 0.3) is 0 Å². The summed E-state index contributed by atoms with van der Waals surface area (Å²) in [6.07, 6.45) is 2.08. The van der Waals surface area contributed by atoms with E-state index in [1.807, 2.05) is 32.0 Å². The summed E-state index contributed by atoms with van der Waals surface area (Å²) in [6.45, 7) is 6.18. The van der Waals surface area contributed by atoms with E-state index < -0.39 is 10.0 Å². The lowest BCUT2D eigenvalue weighted by Gasteiger charge is -2.31. The van der Waals surface area contributed by atoms with Gasteiger partial charge in [0.2, 0.25) is 0 Å². The molecule has 0 radical (unpaired) electrons. The van der Waals surface area contributed by atoms with Crippen LogP contribution in [0, 0.1) is 13.8 Å². The van der Waals surface area contributed by atoms with Gasteiger partial charge in [0, 0.05) is 25.9 Å². The molecule has 0 aliphatic carbocycles. The fraction of sp³-hybridized carbons (Fsp3) is 0.429. The summed E-state index contributed by atoms with van der Waals surface area (Å²) in [4.78, 5) is 2.39. The zero-order valence-corrected chi connectivity index (χ0v) is 17.7. The number of benzene rings is 2. The Kier molecular flexibility index (Phi) is 6.15. The topological polar surface area (TPSA) is 67.9 Å². The highest BCUT2D eigenvalue weighted by Gasteiger charge is 2.23. The molecule has 152 valence electrons. The molecule has 28 heavy (non-hydrogen) atoms. The second-order valence-corrected chi connectivity index (χ2v) is 8.77. The van der Waals surface area contributed by atoms with Crippen molar-refractivity contribution in [2.75, 3.05) is 43.5 Å². The third kappa shape index (κ3) is 4.25. The molecule has 0 spiro atoms. The summed E-state index contributed by atoms with van der Waals surface area (Å²) in [5.74, 6) is 0.343. The third-order valence-corrected chi connectivity index (χ3v) is 6.59. The van der Waals surface area contributed by atoms with Crippen LogP contribution in [0.2, 0.25) is 0 Å². The second-order valence-electron chi connectivity index (χ2n) is 7.12. The van der Waals surface area contributed by atoms with Crippen molar-refractivity contribution in [1.82, 2.24) is 0 Å². The normalized spacial score (nSPS) is 13.9. The lowest BCUT2D eigenvalue weighted by Crippen LogP contribution is -2.32. The second kappa shape index (κ2) is 8.41. The number of ether oxygens (including phenoxy) is 2. The van der Waals surface area contributed by atoms with Gasteiger partial charge in [-0.25, -0.2) is 8.42 Å². The van der Waals surface area contributed by atoms with E-state index in [1.165, 1.54) is 12.7 Å². The molecule has 3 rings (SSSR count). The first kappa shape index (κ1) is 20.5. The molecule has 0 atom stereocenters. The first-order valence-corrected chi connectivity index (χ1v) is 10.9. The van der Waals surface area contributed by atoms with Gasteiger partial charge < -0.3 is 14.4 Å². The smallest absolute Gasteiger partial charge is 0.265 e. The van der Waals surface area contributed by atoms with Crippen LogP contribution in [0.4, 0.5) is 11.4 Å². The Labute approximate surface area is 167 Å². The SMILES string of the molecule is COCCN1CCCc2ccc(NS(=O)(=O)c3cc(C)c(C)cc3OC)cc21. The molecular formula is C21H28N2O4S. The lowest BCUT2D eigenvalue weighted by atomic mass is 10.0. The monoisotopic (exact) mass is 404 g/mol. The Morgan fingerprint density at radius 3 is 2.57 bits per heavy atom. The molecule has 1 heterocycles. The number of nitrogens with zero attached hydrogens (tertiary/aromatic N) is 1. The van der Waals surface area contributed by atoms with Crippen molar-refractivity contribution in [2.24, 2.45) is 0 Å². The van der Waals surface area contributed by atoms with E-state index >= 15 is 0 Å². The summed E-state index contributed by atoms with van der Waals surface area (Å²) < 4.78 is 39.3. The maximum Gasteiger partial charge on any atom is 0.265 e. The van der Waals surface area contributed by atoms with Gasteiger partial charge in [-0.2, -0.15) is 0 Å². The molecule has 2 aromatic carbocycles. The zero-order valence-electron chi connectivity index (χ0n) is 16.9. The van der Waals surface area contributed by atoms with E-state index in [-0.39, 0.29) is 4.90 Å². The molecule has 0 amide bonds. The maximum absolute atomic E-state index is 13.0. The largest absolute Gasteiger partial charge is 0.495 e. The number of rotatable bonds is 7. The predicted octanol–water partition coefficient (Wildman–Crippen LogP) is 3.51. The first-order chi connectivity index (χ1) is 13.4. The minimum atomic E-state index is -3.77. The van der Waals surface area contributed by atoms with Crippen LogP contribution in [-0.2, 0) is 21.2 Å². The number of fused-ring (bicyclic) bond motifs is 1. The maximum atomic E-state index is 13.0. The van der Waals surface area contributed by atoms with Crippen molar-refractivity contribution in [3.05, 3.63) is 47.0 Å². The van der Waals surface area contributed by atoms with E-state index in [0.717, 1.165) is 42.7 Å². The summed E-state index contributed by atoms with van der Waals surface area (Å²) in [5.41, 5.74) is 4.73. The molecule has 2 aromatic rings. The molecule has 0 bridgehead atoms. The highest BCUT2D eigenvalue weighted by atomic mass is 32.2. The van der Waals surface area contributed by atoms with Gasteiger partial charge in [0.05, 0.1) is 19.4 Å². The number of nitrogens with one attached hydrogen (secondary N) is 1. The fourth-order valence-corrected chi connectivity index (χ4v) is 4.78. The summed E-state index contributed by atoms with van der Waals surface area (Å²) in [7, 11) is -0.606. The minimum Gasteiger partial charge on any atom is -0.495 e. The Hall–Kier alpha value is -2.25. The molecule has 0 aromatic heterocycles. The van der Waals surface area contributed by atoms with Crippen LogP contribution in [0.15, 0.2) is 35.2 Å². The highest BCUT2D eigenvalue weighted by molar-refractivity contribution is 7.92. The standard InChI is InChI=1S/C21H28N2O4S/c1-15-12-20(27-4)21(13-16(15)2)28(24,25)22-18-8-7-17-6-5-9-23(10-11-26-3)19(17)14-18/h7-8,12-14,22H,5-6,9-11H2,1-4H3. The quantitative estimate of drug-likeness (QED) is 0.765. The number of aryl methyl sites for hydroxylation is 3. The summed E-state index contributed by atoms with van der Waals surface area (Å²) in [6, 6.07) is 9.14. The van der Waals surface area contributed by atoms with Crippen LogP contribution in [0.5, 0.6) is 5.75 Å². The molecule has 1 aliphatic heterocycles. The van der Waals surface area contributed by atoms with E-state index in [9.17, 15) is 8.42 Å². The lowest BCUT2D eigenvalue weighted by molar-refractivity contribution is 0.205. The number of hydrogen-bond donors (Lipinski definition) is 1. The Morgan fingerprint density at radius 1 is 1.11 bits per heavy atom. The average Bonchev–Trinajstić information content (AvgIpc) is 2.67. The van der Waals surface area contributed by atoms with Gasteiger partial charge in [-0.15, -0.1) is 0 Å². The zero-order chi connectivity index (χ0) is 20.3.